The van der Waals surface area contributed by atoms with Crippen LogP contribution in [0.3, 0.4) is 0 Å². The molecule has 0 fully saturated rings. The minimum absolute atomic E-state index is 0. The second kappa shape index (κ2) is 14.0. The largest absolute Gasteiger partial charge is 0.391 e. The third-order valence-electron chi connectivity index (χ3n) is 4.32. The van der Waals surface area contributed by atoms with Gasteiger partial charge in [-0.2, -0.15) is 5.26 Å². The number of amides is 3. The lowest BCUT2D eigenvalue weighted by molar-refractivity contribution is -0.133. The molecule has 2 aromatic carbocycles. The summed E-state index contributed by atoms with van der Waals surface area (Å²) in [5.41, 5.74) is 3.62. The maximum atomic E-state index is 12.3. The van der Waals surface area contributed by atoms with Gasteiger partial charge in [-0.3, -0.25) is 24.9 Å². The van der Waals surface area contributed by atoms with E-state index in [4.69, 9.17) is 10.5 Å². The molecule has 0 aromatic heterocycles. The predicted octanol–water partition coefficient (Wildman–Crippen LogP) is 0.759. The van der Waals surface area contributed by atoms with Gasteiger partial charge in [0.1, 0.15) is 6.04 Å². The molecule has 0 radical (unpaired) electrons. The summed E-state index contributed by atoms with van der Waals surface area (Å²) in [6.07, 6.45) is -1.20. The summed E-state index contributed by atoms with van der Waals surface area (Å²) in [6, 6.07) is 13.8. The molecular formula is C24H27N5O5. The van der Waals surface area contributed by atoms with E-state index in [9.17, 15) is 19.5 Å². The zero-order valence-corrected chi connectivity index (χ0v) is 17.8. The minimum atomic E-state index is -1.30. The van der Waals surface area contributed by atoms with Crippen LogP contribution < -0.4 is 21.4 Å². The molecule has 0 aliphatic heterocycles. The molecule has 0 saturated carbocycles. The van der Waals surface area contributed by atoms with Crippen molar-refractivity contribution in [2.45, 2.75) is 26.5 Å². The van der Waals surface area contributed by atoms with Crippen LogP contribution in [0, 0.1) is 23.2 Å². The first kappa shape index (κ1) is 27.8. The summed E-state index contributed by atoms with van der Waals surface area (Å²) in [6.45, 7) is 1.45. The van der Waals surface area contributed by atoms with Gasteiger partial charge in [-0.25, -0.2) is 5.48 Å². The number of carbonyl (C=O) groups is 3. The van der Waals surface area contributed by atoms with Crippen molar-refractivity contribution in [2.75, 3.05) is 18.4 Å². The molecule has 2 rings (SSSR count). The number of nitrogens with zero attached hydrogens (tertiary/aromatic N) is 1. The molecule has 6 N–H and O–H groups in total. The first-order chi connectivity index (χ1) is 15.8. The van der Waals surface area contributed by atoms with Crippen LogP contribution in [0.5, 0.6) is 0 Å². The van der Waals surface area contributed by atoms with Crippen molar-refractivity contribution in [3.63, 3.8) is 0 Å². The SMILES string of the molecule is C.C[C@@H](O)[C@H](NC(=O)c1ccc(C#Cc2ccc(NC(=O)CNCC#N)cc2)cc1)C(=O)NO. The van der Waals surface area contributed by atoms with Gasteiger partial charge in [0.05, 0.1) is 25.3 Å². The van der Waals surface area contributed by atoms with E-state index < -0.39 is 24.0 Å². The summed E-state index contributed by atoms with van der Waals surface area (Å²) >= 11 is 0. The molecule has 0 unspecified atom stereocenters. The molecule has 34 heavy (non-hydrogen) atoms. The third-order valence-corrected chi connectivity index (χ3v) is 4.32. The topological polar surface area (TPSA) is 164 Å². The molecule has 178 valence electrons. The van der Waals surface area contributed by atoms with E-state index >= 15 is 0 Å². The number of hydrogen-bond donors (Lipinski definition) is 6. The van der Waals surface area contributed by atoms with Gasteiger partial charge in [-0.1, -0.05) is 19.3 Å². The number of anilines is 1. The van der Waals surface area contributed by atoms with Gasteiger partial charge in [0.2, 0.25) is 5.91 Å². The van der Waals surface area contributed by atoms with Gasteiger partial charge < -0.3 is 15.7 Å². The fraction of sp³-hybridized carbons (Fsp3) is 0.250. The van der Waals surface area contributed by atoms with Gasteiger partial charge in [-0.05, 0) is 55.5 Å². The third kappa shape index (κ3) is 8.73. The van der Waals surface area contributed by atoms with E-state index in [0.717, 1.165) is 0 Å². The Morgan fingerprint density at radius 2 is 1.56 bits per heavy atom. The van der Waals surface area contributed by atoms with E-state index in [1.165, 1.54) is 24.5 Å². The zero-order chi connectivity index (χ0) is 24.2. The Bertz CT molecular complexity index is 1080. The van der Waals surface area contributed by atoms with Crippen LogP contribution in [0.15, 0.2) is 48.5 Å². The summed E-state index contributed by atoms with van der Waals surface area (Å²) in [7, 11) is 0. The van der Waals surface area contributed by atoms with Crippen molar-refractivity contribution < 1.29 is 24.7 Å². The first-order valence-electron chi connectivity index (χ1n) is 9.86. The molecule has 0 heterocycles. The molecule has 10 nitrogen and oxygen atoms in total. The van der Waals surface area contributed by atoms with Crippen LogP contribution in [-0.2, 0) is 9.59 Å². The normalized spacial score (nSPS) is 11.4. The van der Waals surface area contributed by atoms with E-state index in [0.29, 0.717) is 16.8 Å². The van der Waals surface area contributed by atoms with Crippen molar-refractivity contribution >= 4 is 23.4 Å². The van der Waals surface area contributed by atoms with E-state index in [2.05, 4.69) is 27.8 Å². The summed E-state index contributed by atoms with van der Waals surface area (Å²) in [4.78, 5) is 35.5. The summed E-state index contributed by atoms with van der Waals surface area (Å²) < 4.78 is 0. The van der Waals surface area contributed by atoms with Crippen LogP contribution in [0.2, 0.25) is 0 Å². The maximum Gasteiger partial charge on any atom is 0.268 e. The number of benzene rings is 2. The smallest absolute Gasteiger partial charge is 0.268 e. The Morgan fingerprint density at radius 1 is 1.00 bits per heavy atom. The summed E-state index contributed by atoms with van der Waals surface area (Å²) in [5.74, 6) is 4.16. The van der Waals surface area contributed by atoms with Gasteiger partial charge in [-0.15, -0.1) is 0 Å². The maximum absolute atomic E-state index is 12.3. The number of hydroxylamine groups is 1. The second-order valence-corrected chi connectivity index (χ2v) is 6.88. The van der Waals surface area contributed by atoms with Crippen molar-refractivity contribution in [1.29, 1.82) is 5.26 Å². The van der Waals surface area contributed by atoms with Crippen LogP contribution in [0.1, 0.15) is 35.8 Å². The van der Waals surface area contributed by atoms with Crippen LogP contribution in [0.4, 0.5) is 5.69 Å². The number of aliphatic hydroxyl groups is 1. The van der Waals surface area contributed by atoms with E-state index in [1.54, 1.807) is 36.4 Å². The zero-order valence-electron chi connectivity index (χ0n) is 17.8. The molecule has 2 aromatic rings. The number of hydrogen-bond acceptors (Lipinski definition) is 7. The lowest BCUT2D eigenvalue weighted by atomic mass is 10.1. The predicted molar refractivity (Wildman–Crippen MR) is 126 cm³/mol. The molecule has 0 bridgehead atoms. The molecule has 0 saturated heterocycles. The monoisotopic (exact) mass is 465 g/mol. The number of aliphatic hydroxyl groups excluding tert-OH is 1. The molecular weight excluding hydrogens is 438 g/mol. The van der Waals surface area contributed by atoms with Crippen molar-refractivity contribution in [3.05, 3.63) is 65.2 Å². The molecule has 0 aliphatic carbocycles. The average molecular weight is 466 g/mol. The van der Waals surface area contributed by atoms with Crippen LogP contribution in [0.25, 0.3) is 0 Å². The van der Waals surface area contributed by atoms with Gasteiger partial charge in [0.25, 0.3) is 11.8 Å². The fourth-order valence-corrected chi connectivity index (χ4v) is 2.62. The highest BCUT2D eigenvalue weighted by Gasteiger charge is 2.25. The fourth-order valence-electron chi connectivity index (χ4n) is 2.62. The van der Waals surface area contributed by atoms with Crippen LogP contribution in [-0.4, -0.2) is 53.3 Å². The number of carbonyl (C=O) groups excluding carboxylic acids is 3. The number of nitriles is 1. The van der Waals surface area contributed by atoms with Crippen molar-refractivity contribution in [3.8, 4) is 17.9 Å². The first-order valence-corrected chi connectivity index (χ1v) is 9.86. The Hall–Kier alpha value is -4.22. The lowest BCUT2D eigenvalue weighted by Crippen LogP contribution is -2.51. The highest BCUT2D eigenvalue weighted by Crippen LogP contribution is 2.09. The average Bonchev–Trinajstić information content (AvgIpc) is 2.81. The molecule has 10 heteroatoms. The van der Waals surface area contributed by atoms with Crippen LogP contribution >= 0.6 is 0 Å². The Balaban J connectivity index is 0.00000578. The Morgan fingerprint density at radius 3 is 2.06 bits per heavy atom. The van der Waals surface area contributed by atoms with E-state index in [-0.39, 0.29) is 32.0 Å². The van der Waals surface area contributed by atoms with E-state index in [1.807, 2.05) is 6.07 Å². The quantitative estimate of drug-likeness (QED) is 0.110. The molecule has 3 amide bonds. The van der Waals surface area contributed by atoms with Gasteiger partial charge in [0.15, 0.2) is 0 Å². The highest BCUT2D eigenvalue weighted by atomic mass is 16.5. The Kier molecular flexibility index (Phi) is 11.5. The van der Waals surface area contributed by atoms with Gasteiger partial charge in [0, 0.05) is 22.4 Å². The van der Waals surface area contributed by atoms with Crippen molar-refractivity contribution in [1.82, 2.24) is 16.1 Å². The number of rotatable bonds is 8. The highest BCUT2D eigenvalue weighted by molar-refractivity contribution is 5.97. The summed E-state index contributed by atoms with van der Waals surface area (Å²) in [5, 5.41) is 34.5. The van der Waals surface area contributed by atoms with Gasteiger partial charge >= 0.3 is 0 Å². The Labute approximate surface area is 197 Å². The lowest BCUT2D eigenvalue weighted by Gasteiger charge is -2.19. The minimum Gasteiger partial charge on any atom is -0.391 e. The standard InChI is InChI=1S/C23H23N5O5.CH4/c1-15(29)21(23(32)28-33)27-22(31)18-8-4-16(5-9-18)2-3-17-6-10-19(11-7-17)26-20(30)14-25-13-12-24;/h4-11,15,21,25,29,33H,13-14H2,1H3,(H,26,30)(H,27,31)(H,28,32);1H4/t15-,21+;/m1./s1. The molecule has 0 aliphatic rings. The number of nitrogens with one attached hydrogen (secondary N) is 4. The molecule has 2 atom stereocenters. The molecule has 0 spiro atoms. The second-order valence-electron chi connectivity index (χ2n) is 6.88. The van der Waals surface area contributed by atoms with Crippen molar-refractivity contribution in [2.24, 2.45) is 0 Å².